The maximum atomic E-state index is 6.05. The molecule has 0 aliphatic heterocycles. The molecule has 0 saturated carbocycles. The summed E-state index contributed by atoms with van der Waals surface area (Å²) in [4.78, 5) is 4.58. The van der Waals surface area contributed by atoms with Crippen LogP contribution in [0.5, 0.6) is 0 Å². The molecule has 0 fully saturated rings. The van der Waals surface area contributed by atoms with E-state index in [9.17, 15) is 0 Å². The monoisotopic (exact) mass is 920 g/mol. The Morgan fingerprint density at radius 3 is 0.894 bits per heavy atom. The van der Waals surface area contributed by atoms with Gasteiger partial charge in [-0.2, -0.15) is 0 Å². The molecule has 0 bridgehead atoms. The van der Waals surface area contributed by atoms with E-state index in [1.807, 2.05) is 79.7 Å². The van der Waals surface area contributed by atoms with Gasteiger partial charge in [0.05, 0.1) is 0 Å². The molecule has 0 amide bonds. The van der Waals surface area contributed by atoms with Crippen molar-refractivity contribution in [3.05, 3.63) is 260 Å². The zero-order chi connectivity index (χ0) is 46.7. The van der Waals surface area contributed by atoms with E-state index in [2.05, 4.69) is 185 Å². The van der Waals surface area contributed by atoms with Gasteiger partial charge in [0.15, 0.2) is 0 Å². The van der Waals surface area contributed by atoms with Gasteiger partial charge in [-0.05, 0) is 196 Å². The molecule has 0 spiro atoms. The third-order valence-corrected chi connectivity index (χ3v) is 12.1. The van der Waals surface area contributed by atoms with Gasteiger partial charge < -0.3 is 9.80 Å². The maximum Gasteiger partial charge on any atom is 0.0493 e. The summed E-state index contributed by atoms with van der Waals surface area (Å²) in [5.74, 6) is 0. The number of nitrogens with zero attached hydrogens (tertiary/aromatic N) is 2. The highest BCUT2D eigenvalue weighted by Gasteiger charge is 2.17. The molecule has 0 saturated heterocycles. The number of benzene rings is 9. The Kier molecular flexibility index (Phi) is 15.9. The fourth-order valence-electron chi connectivity index (χ4n) is 7.82. The molecular formula is C61H55Cl3N2. The van der Waals surface area contributed by atoms with Gasteiger partial charge >= 0.3 is 0 Å². The number of rotatable bonds is 8. The van der Waals surface area contributed by atoms with Crippen LogP contribution in [0.25, 0.3) is 22.3 Å². The third kappa shape index (κ3) is 12.4. The summed E-state index contributed by atoms with van der Waals surface area (Å²) in [7, 11) is 0. The molecular weight excluding hydrogens is 867 g/mol. The van der Waals surface area contributed by atoms with Gasteiger partial charge in [-0.15, -0.1) is 0 Å². The van der Waals surface area contributed by atoms with Crippen LogP contribution in [-0.4, -0.2) is 0 Å². The topological polar surface area (TPSA) is 6.48 Å². The predicted molar refractivity (Wildman–Crippen MR) is 288 cm³/mol. The molecule has 0 aliphatic carbocycles. The molecule has 0 atom stereocenters. The van der Waals surface area contributed by atoms with Gasteiger partial charge in [0.1, 0.15) is 0 Å². The number of hydrogen-bond donors (Lipinski definition) is 0. The number of halogens is 3. The van der Waals surface area contributed by atoms with Gasteiger partial charge in [-0.25, -0.2) is 0 Å². The quantitative estimate of drug-likeness (QED) is 0.150. The smallest absolute Gasteiger partial charge is 0.0493 e. The Morgan fingerprint density at radius 2 is 0.576 bits per heavy atom. The molecule has 0 radical (unpaired) electrons. The van der Waals surface area contributed by atoms with E-state index < -0.39 is 0 Å². The first kappa shape index (κ1) is 47.4. The molecule has 0 aromatic heterocycles. The van der Waals surface area contributed by atoms with E-state index in [4.69, 9.17) is 34.8 Å². The number of anilines is 6. The van der Waals surface area contributed by atoms with Crippen LogP contribution in [0.15, 0.2) is 206 Å². The van der Waals surface area contributed by atoms with Crippen LogP contribution in [0.3, 0.4) is 0 Å². The molecule has 9 aromatic rings. The van der Waals surface area contributed by atoms with Crippen molar-refractivity contribution in [2.45, 2.75) is 48.5 Å². The van der Waals surface area contributed by atoms with E-state index >= 15 is 0 Å². The van der Waals surface area contributed by atoms with E-state index in [1.165, 1.54) is 66.9 Å². The van der Waals surface area contributed by atoms with Crippen molar-refractivity contribution in [1.29, 1.82) is 0 Å². The van der Waals surface area contributed by atoms with Crippen LogP contribution in [0.2, 0.25) is 15.1 Å². The molecule has 0 aliphatic rings. The van der Waals surface area contributed by atoms with Crippen LogP contribution >= 0.6 is 34.8 Å². The minimum Gasteiger partial charge on any atom is -0.310 e. The van der Waals surface area contributed by atoms with Gasteiger partial charge in [-0.1, -0.05) is 155 Å². The fourth-order valence-corrected chi connectivity index (χ4v) is 8.31. The average Bonchev–Trinajstić information content (AvgIpc) is 3.31. The summed E-state index contributed by atoms with van der Waals surface area (Å²) < 4.78 is 0. The molecule has 5 heteroatoms. The molecule has 9 aromatic carbocycles. The summed E-state index contributed by atoms with van der Waals surface area (Å²) in [6, 6.07) is 71.8. The molecule has 9 rings (SSSR count). The lowest BCUT2D eigenvalue weighted by atomic mass is 10.0. The number of hydrogen-bond acceptors (Lipinski definition) is 2. The summed E-state index contributed by atoms with van der Waals surface area (Å²) in [6.07, 6.45) is 0. The van der Waals surface area contributed by atoms with Crippen LogP contribution < -0.4 is 9.80 Å². The highest BCUT2D eigenvalue weighted by molar-refractivity contribution is 6.31. The molecule has 0 N–H and O–H groups in total. The van der Waals surface area contributed by atoms with Crippen molar-refractivity contribution < 1.29 is 0 Å². The minimum absolute atomic E-state index is 0.728. The lowest BCUT2D eigenvalue weighted by Crippen LogP contribution is -2.11. The first-order valence-corrected chi connectivity index (χ1v) is 23.3. The second-order valence-electron chi connectivity index (χ2n) is 16.8. The molecule has 330 valence electrons. The minimum atomic E-state index is 0.728. The summed E-state index contributed by atoms with van der Waals surface area (Å²) in [6.45, 7) is 14.9. The molecule has 66 heavy (non-hydrogen) atoms. The largest absolute Gasteiger partial charge is 0.310 e. The first-order chi connectivity index (χ1) is 31.8. The molecule has 2 nitrogen and oxygen atoms in total. The zero-order valence-corrected chi connectivity index (χ0v) is 40.9. The highest BCUT2D eigenvalue weighted by Crippen LogP contribution is 2.40. The fraction of sp³-hybridized carbons (Fsp3) is 0.115. The summed E-state index contributed by atoms with van der Waals surface area (Å²) in [5, 5.41) is 2.27. The van der Waals surface area contributed by atoms with E-state index in [1.54, 1.807) is 0 Å². The Bertz CT molecular complexity index is 2860. The molecule has 0 heterocycles. The standard InChI is InChI=1S/C34H31N.C20H17Cl2N.C7H7Cl/c1-24-7-5-9-30(21-24)28-13-17-32(18-14-28)35(34-23-26(3)11-12-27(34)4)33-19-15-29(16-20-33)31-10-6-8-25(2)22-31;1-14-3-4-15(2)20(13-14)23(18-9-5-16(21)6-10-18)19-11-7-17(22)8-12-19;1-6-3-2-4-7(8)5-6/h5-23H,1-4H3;3-13H,1-2H3;2-5H,1H3. The van der Waals surface area contributed by atoms with Crippen molar-refractivity contribution in [1.82, 2.24) is 0 Å². The Labute approximate surface area is 407 Å². The lowest BCUT2D eigenvalue weighted by molar-refractivity contribution is 1.24. The second kappa shape index (κ2) is 22.1. The van der Waals surface area contributed by atoms with Crippen molar-refractivity contribution >= 4 is 68.9 Å². The van der Waals surface area contributed by atoms with Gasteiger partial charge in [0.25, 0.3) is 0 Å². The second-order valence-corrected chi connectivity index (χ2v) is 18.1. The summed E-state index contributed by atoms with van der Waals surface area (Å²) >= 11 is 17.7. The Hall–Kier alpha value is -6.55. The molecule has 0 unspecified atom stereocenters. The van der Waals surface area contributed by atoms with Crippen molar-refractivity contribution in [3.63, 3.8) is 0 Å². The van der Waals surface area contributed by atoms with Crippen LogP contribution in [0, 0.1) is 48.5 Å². The SMILES string of the molecule is Cc1ccc(C)c(N(c2ccc(Cl)cc2)c2ccc(Cl)cc2)c1.Cc1cccc(-c2ccc(N(c3ccc(-c4cccc(C)c4)cc3)c3cc(C)ccc3C)cc2)c1.Cc1cccc(Cl)c1. The van der Waals surface area contributed by atoms with Crippen LogP contribution in [0.4, 0.5) is 34.1 Å². The predicted octanol–water partition coefficient (Wildman–Crippen LogP) is 19.5. The lowest BCUT2D eigenvalue weighted by Gasteiger charge is -2.28. The van der Waals surface area contributed by atoms with Crippen molar-refractivity contribution in [3.8, 4) is 22.3 Å². The van der Waals surface area contributed by atoms with Crippen LogP contribution in [-0.2, 0) is 0 Å². The van der Waals surface area contributed by atoms with Gasteiger partial charge in [-0.3, -0.25) is 0 Å². The van der Waals surface area contributed by atoms with Crippen LogP contribution in [0.1, 0.15) is 38.9 Å². The van der Waals surface area contributed by atoms with E-state index in [-0.39, 0.29) is 0 Å². The van der Waals surface area contributed by atoms with E-state index in [0.29, 0.717) is 0 Å². The van der Waals surface area contributed by atoms with Gasteiger partial charge in [0.2, 0.25) is 0 Å². The Morgan fingerprint density at radius 1 is 0.258 bits per heavy atom. The third-order valence-electron chi connectivity index (χ3n) is 11.3. The highest BCUT2D eigenvalue weighted by atomic mass is 35.5. The van der Waals surface area contributed by atoms with Crippen molar-refractivity contribution in [2.24, 2.45) is 0 Å². The number of aryl methyl sites for hydroxylation is 7. The van der Waals surface area contributed by atoms with E-state index in [0.717, 1.165) is 43.5 Å². The summed E-state index contributed by atoms with van der Waals surface area (Å²) in [5.41, 5.74) is 20.4. The zero-order valence-electron chi connectivity index (χ0n) is 38.7. The maximum absolute atomic E-state index is 6.05. The first-order valence-electron chi connectivity index (χ1n) is 22.1. The normalized spacial score (nSPS) is 10.6. The average molecular weight is 922 g/mol. The van der Waals surface area contributed by atoms with Gasteiger partial charge in [0, 0.05) is 49.2 Å². The Balaban J connectivity index is 0.000000178. The van der Waals surface area contributed by atoms with Crippen molar-refractivity contribution in [2.75, 3.05) is 9.80 Å².